The summed E-state index contributed by atoms with van der Waals surface area (Å²) in [5.74, 6) is 1.04. The highest BCUT2D eigenvalue weighted by Gasteiger charge is 2.24. The van der Waals surface area contributed by atoms with Gasteiger partial charge in [-0.25, -0.2) is 4.98 Å². The van der Waals surface area contributed by atoms with Crippen molar-refractivity contribution in [2.45, 2.75) is 13.8 Å². The van der Waals surface area contributed by atoms with Gasteiger partial charge in [0.25, 0.3) is 5.91 Å². The number of amides is 1. The Bertz CT molecular complexity index is 773. The summed E-state index contributed by atoms with van der Waals surface area (Å²) in [4.78, 5) is 21.3. The lowest BCUT2D eigenvalue weighted by molar-refractivity contribution is 0.0746. The number of anilines is 1. The Kier molecular flexibility index (Phi) is 5.11. The van der Waals surface area contributed by atoms with Crippen molar-refractivity contribution in [2.75, 3.05) is 31.1 Å². The zero-order valence-electron chi connectivity index (χ0n) is 13.7. The molecule has 0 aliphatic carbocycles. The molecular weight excluding hydrogens is 390 g/mol. The van der Waals surface area contributed by atoms with Gasteiger partial charge in [-0.2, -0.15) is 0 Å². The third kappa shape index (κ3) is 3.57. The van der Waals surface area contributed by atoms with Crippen LogP contribution < -0.4 is 4.90 Å². The average Bonchev–Trinajstić information content (AvgIpc) is 2.57. The molecule has 0 saturated carbocycles. The molecule has 3 rings (SSSR count). The molecule has 126 valence electrons. The van der Waals surface area contributed by atoms with Crippen LogP contribution in [0.25, 0.3) is 0 Å². The van der Waals surface area contributed by atoms with Crippen molar-refractivity contribution in [2.24, 2.45) is 0 Å². The van der Waals surface area contributed by atoms with Gasteiger partial charge in [-0.15, -0.1) is 0 Å². The zero-order chi connectivity index (χ0) is 17.3. The number of benzene rings is 1. The van der Waals surface area contributed by atoms with Crippen molar-refractivity contribution in [3.05, 3.63) is 56.6 Å². The van der Waals surface area contributed by atoms with Gasteiger partial charge < -0.3 is 9.80 Å². The maximum Gasteiger partial charge on any atom is 0.254 e. The summed E-state index contributed by atoms with van der Waals surface area (Å²) >= 11 is 9.45. The van der Waals surface area contributed by atoms with Crippen LogP contribution in [0.1, 0.15) is 21.5 Å². The monoisotopic (exact) mass is 407 g/mol. The Morgan fingerprint density at radius 1 is 1.17 bits per heavy atom. The van der Waals surface area contributed by atoms with Crippen LogP contribution in [0.5, 0.6) is 0 Å². The van der Waals surface area contributed by atoms with Gasteiger partial charge in [0, 0.05) is 42.4 Å². The maximum absolute atomic E-state index is 12.6. The van der Waals surface area contributed by atoms with E-state index in [1.54, 1.807) is 12.1 Å². The van der Waals surface area contributed by atoms with Crippen molar-refractivity contribution >= 4 is 39.3 Å². The molecule has 1 saturated heterocycles. The Morgan fingerprint density at radius 3 is 2.50 bits per heavy atom. The molecule has 1 amide bonds. The van der Waals surface area contributed by atoms with Crippen LogP contribution in [0.15, 0.2) is 34.9 Å². The van der Waals surface area contributed by atoms with Crippen molar-refractivity contribution in [1.82, 2.24) is 9.88 Å². The predicted octanol–water partition coefficient (Wildman–Crippen LogP) is 4.08. The molecule has 24 heavy (non-hydrogen) atoms. The first-order valence-electron chi connectivity index (χ1n) is 7.88. The second kappa shape index (κ2) is 7.11. The van der Waals surface area contributed by atoms with Crippen LogP contribution in [-0.2, 0) is 0 Å². The molecule has 1 aliphatic rings. The van der Waals surface area contributed by atoms with Gasteiger partial charge in [-0.05, 0) is 59.1 Å². The molecule has 0 N–H and O–H groups in total. The predicted molar refractivity (Wildman–Crippen MR) is 101 cm³/mol. The van der Waals surface area contributed by atoms with Gasteiger partial charge in [0.05, 0.1) is 5.02 Å². The Balaban J connectivity index is 1.68. The lowest BCUT2D eigenvalue weighted by Crippen LogP contribution is -2.49. The summed E-state index contributed by atoms with van der Waals surface area (Å²) in [5.41, 5.74) is 2.97. The number of carbonyl (C=O) groups is 1. The molecule has 2 heterocycles. The number of hydrogen-bond donors (Lipinski definition) is 0. The van der Waals surface area contributed by atoms with E-state index in [1.165, 1.54) is 5.56 Å². The lowest BCUT2D eigenvalue weighted by Gasteiger charge is -2.36. The Hall–Kier alpha value is -1.59. The van der Waals surface area contributed by atoms with Crippen LogP contribution in [0.2, 0.25) is 5.02 Å². The second-order valence-corrected chi connectivity index (χ2v) is 7.32. The van der Waals surface area contributed by atoms with E-state index in [0.717, 1.165) is 28.9 Å². The van der Waals surface area contributed by atoms with Crippen LogP contribution in [0.4, 0.5) is 5.82 Å². The Labute approximate surface area is 155 Å². The smallest absolute Gasteiger partial charge is 0.254 e. The van der Waals surface area contributed by atoms with E-state index in [9.17, 15) is 4.79 Å². The SMILES string of the molecule is Cc1cnc(N2CCN(C(=O)c3ccc(Br)c(Cl)c3)CC2)c(C)c1. The van der Waals surface area contributed by atoms with Crippen LogP contribution >= 0.6 is 27.5 Å². The molecule has 0 atom stereocenters. The van der Waals surface area contributed by atoms with Crippen molar-refractivity contribution in [3.8, 4) is 0 Å². The highest BCUT2D eigenvalue weighted by atomic mass is 79.9. The number of piperazine rings is 1. The van der Waals surface area contributed by atoms with Gasteiger partial charge >= 0.3 is 0 Å². The third-order valence-electron chi connectivity index (χ3n) is 4.22. The van der Waals surface area contributed by atoms with E-state index in [0.29, 0.717) is 23.7 Å². The molecule has 1 fully saturated rings. The van der Waals surface area contributed by atoms with E-state index in [-0.39, 0.29) is 5.91 Å². The molecule has 2 aromatic rings. The van der Waals surface area contributed by atoms with Gasteiger partial charge in [0.2, 0.25) is 0 Å². The number of hydrogen-bond acceptors (Lipinski definition) is 3. The summed E-state index contributed by atoms with van der Waals surface area (Å²) in [6, 6.07) is 7.47. The van der Waals surface area contributed by atoms with Gasteiger partial charge in [0.15, 0.2) is 0 Å². The fraction of sp³-hybridized carbons (Fsp3) is 0.333. The fourth-order valence-corrected chi connectivity index (χ4v) is 3.40. The minimum absolute atomic E-state index is 0.0256. The third-order valence-corrected chi connectivity index (χ3v) is 5.45. The minimum atomic E-state index is 0.0256. The van der Waals surface area contributed by atoms with E-state index in [1.807, 2.05) is 24.1 Å². The summed E-state index contributed by atoms with van der Waals surface area (Å²) in [7, 11) is 0. The van der Waals surface area contributed by atoms with Gasteiger partial charge in [-0.1, -0.05) is 17.7 Å². The summed E-state index contributed by atoms with van der Waals surface area (Å²) in [5, 5.41) is 0.555. The number of pyridine rings is 1. The van der Waals surface area contributed by atoms with Crippen molar-refractivity contribution in [3.63, 3.8) is 0 Å². The first-order valence-corrected chi connectivity index (χ1v) is 9.05. The molecular formula is C18H19BrClN3O. The first kappa shape index (κ1) is 17.2. The molecule has 0 radical (unpaired) electrons. The number of nitrogens with zero attached hydrogens (tertiary/aromatic N) is 3. The largest absolute Gasteiger partial charge is 0.353 e. The van der Waals surface area contributed by atoms with Crippen LogP contribution in [0.3, 0.4) is 0 Å². The van der Waals surface area contributed by atoms with Crippen LogP contribution in [0, 0.1) is 13.8 Å². The molecule has 0 bridgehead atoms. The van der Waals surface area contributed by atoms with Crippen LogP contribution in [-0.4, -0.2) is 42.0 Å². The topological polar surface area (TPSA) is 36.4 Å². The summed E-state index contributed by atoms with van der Waals surface area (Å²) in [6.07, 6.45) is 1.89. The normalized spacial score (nSPS) is 14.8. The maximum atomic E-state index is 12.6. The summed E-state index contributed by atoms with van der Waals surface area (Å²) < 4.78 is 0.798. The molecule has 0 unspecified atom stereocenters. The van der Waals surface area contributed by atoms with E-state index in [4.69, 9.17) is 11.6 Å². The van der Waals surface area contributed by atoms with E-state index in [2.05, 4.69) is 38.8 Å². The van der Waals surface area contributed by atoms with E-state index < -0.39 is 0 Å². The van der Waals surface area contributed by atoms with Gasteiger partial charge in [0.1, 0.15) is 5.82 Å². The Morgan fingerprint density at radius 2 is 1.88 bits per heavy atom. The van der Waals surface area contributed by atoms with Crippen molar-refractivity contribution in [1.29, 1.82) is 0 Å². The lowest BCUT2D eigenvalue weighted by atomic mass is 10.1. The standard InChI is InChI=1S/C18H19BrClN3O/c1-12-9-13(2)17(21-11-12)22-5-7-23(8-6-22)18(24)14-3-4-15(19)16(20)10-14/h3-4,9-11H,5-8H2,1-2H3. The molecule has 1 aromatic heterocycles. The minimum Gasteiger partial charge on any atom is -0.353 e. The van der Waals surface area contributed by atoms with Crippen molar-refractivity contribution < 1.29 is 4.79 Å². The molecule has 0 spiro atoms. The molecule has 1 aliphatic heterocycles. The molecule has 4 nitrogen and oxygen atoms in total. The molecule has 1 aromatic carbocycles. The average molecular weight is 409 g/mol. The fourth-order valence-electron chi connectivity index (χ4n) is 2.97. The zero-order valence-corrected chi connectivity index (χ0v) is 16.1. The quantitative estimate of drug-likeness (QED) is 0.751. The molecule has 6 heteroatoms. The number of carbonyl (C=O) groups excluding carboxylic acids is 1. The highest BCUT2D eigenvalue weighted by Crippen LogP contribution is 2.25. The highest BCUT2D eigenvalue weighted by molar-refractivity contribution is 9.10. The summed E-state index contributed by atoms with van der Waals surface area (Å²) in [6.45, 7) is 7.06. The number of aryl methyl sites for hydroxylation is 2. The van der Waals surface area contributed by atoms with Gasteiger partial charge in [-0.3, -0.25) is 4.79 Å². The number of rotatable bonds is 2. The number of halogens is 2. The second-order valence-electron chi connectivity index (χ2n) is 6.06. The van der Waals surface area contributed by atoms with E-state index >= 15 is 0 Å². The first-order chi connectivity index (χ1) is 11.5. The number of aromatic nitrogens is 1.